The SMILES string of the molecule is CC(=O)SCc1cc(CSC(C)=O)cc(C(C(C)C)C(C(C)C)(C(C)C)C(C)C)c1. The van der Waals surface area contributed by atoms with Crippen LogP contribution in [0.1, 0.15) is 91.8 Å². The van der Waals surface area contributed by atoms with Gasteiger partial charge in [0.05, 0.1) is 0 Å². The molecule has 0 aliphatic carbocycles. The molecule has 0 N–H and O–H groups in total. The second kappa shape index (κ2) is 11.8. The van der Waals surface area contributed by atoms with Crippen molar-refractivity contribution < 1.29 is 9.59 Å². The Balaban J connectivity index is 3.65. The van der Waals surface area contributed by atoms with Crippen molar-refractivity contribution in [1.82, 2.24) is 0 Å². The average molecular weight is 451 g/mol. The first-order chi connectivity index (χ1) is 13.8. The van der Waals surface area contributed by atoms with Gasteiger partial charge in [0.1, 0.15) is 0 Å². The second-order valence-electron chi connectivity index (χ2n) is 9.83. The number of rotatable bonds is 10. The Bertz CT molecular complexity index is 662. The third-order valence-electron chi connectivity index (χ3n) is 6.52. The summed E-state index contributed by atoms with van der Waals surface area (Å²) >= 11 is 2.72. The molecule has 1 rings (SSSR count). The van der Waals surface area contributed by atoms with Gasteiger partial charge in [-0.1, -0.05) is 97.1 Å². The van der Waals surface area contributed by atoms with Crippen LogP contribution in [0.2, 0.25) is 0 Å². The van der Waals surface area contributed by atoms with Gasteiger partial charge >= 0.3 is 0 Å². The summed E-state index contributed by atoms with van der Waals surface area (Å²) < 4.78 is 0. The quantitative estimate of drug-likeness (QED) is 0.362. The summed E-state index contributed by atoms with van der Waals surface area (Å²) in [5.74, 6) is 3.87. The van der Waals surface area contributed by atoms with E-state index in [9.17, 15) is 9.59 Å². The van der Waals surface area contributed by atoms with Crippen LogP contribution in [0, 0.1) is 29.1 Å². The molecule has 1 unspecified atom stereocenters. The van der Waals surface area contributed by atoms with E-state index in [0.29, 0.717) is 41.1 Å². The van der Waals surface area contributed by atoms with E-state index in [0.717, 1.165) is 0 Å². The highest BCUT2D eigenvalue weighted by atomic mass is 32.2. The molecule has 0 bridgehead atoms. The van der Waals surface area contributed by atoms with E-state index in [4.69, 9.17) is 0 Å². The lowest BCUT2D eigenvalue weighted by Crippen LogP contribution is -2.45. The number of carbonyl (C=O) groups excluding carboxylic acids is 2. The highest BCUT2D eigenvalue weighted by Gasteiger charge is 2.48. The van der Waals surface area contributed by atoms with Crippen LogP contribution in [-0.2, 0) is 21.1 Å². The second-order valence-corrected chi connectivity index (χ2v) is 12.1. The molecule has 1 aromatic rings. The predicted octanol–water partition coefficient (Wildman–Crippen LogP) is 7.94. The molecule has 170 valence electrons. The molecule has 0 saturated carbocycles. The van der Waals surface area contributed by atoms with E-state index in [1.54, 1.807) is 13.8 Å². The lowest BCUT2D eigenvalue weighted by molar-refractivity contribution is -0.109. The molecule has 0 radical (unpaired) electrons. The average Bonchev–Trinajstić information content (AvgIpc) is 2.60. The van der Waals surface area contributed by atoms with Gasteiger partial charge < -0.3 is 0 Å². The Morgan fingerprint density at radius 2 is 1.10 bits per heavy atom. The van der Waals surface area contributed by atoms with Gasteiger partial charge in [0.15, 0.2) is 10.2 Å². The van der Waals surface area contributed by atoms with Crippen LogP contribution in [0.15, 0.2) is 18.2 Å². The molecule has 0 aromatic heterocycles. The highest BCUT2D eigenvalue weighted by molar-refractivity contribution is 8.13. The molecular formula is C26H42O2S2. The normalized spacial score (nSPS) is 13.5. The molecule has 0 heterocycles. The van der Waals surface area contributed by atoms with E-state index >= 15 is 0 Å². The minimum Gasteiger partial charge on any atom is -0.288 e. The Hall–Kier alpha value is -0.740. The first-order valence-corrected chi connectivity index (χ1v) is 13.2. The van der Waals surface area contributed by atoms with Gasteiger partial charge in [-0.3, -0.25) is 9.59 Å². The van der Waals surface area contributed by atoms with E-state index in [2.05, 4.69) is 73.6 Å². The summed E-state index contributed by atoms with van der Waals surface area (Å²) in [6, 6.07) is 6.82. The third-order valence-corrected chi connectivity index (χ3v) is 8.29. The van der Waals surface area contributed by atoms with Gasteiger partial charge in [0, 0.05) is 25.4 Å². The van der Waals surface area contributed by atoms with Gasteiger partial charge in [-0.05, 0) is 51.7 Å². The minimum absolute atomic E-state index is 0.140. The largest absolute Gasteiger partial charge is 0.288 e. The van der Waals surface area contributed by atoms with Gasteiger partial charge in [0.2, 0.25) is 0 Å². The van der Waals surface area contributed by atoms with E-state index < -0.39 is 0 Å². The van der Waals surface area contributed by atoms with Crippen molar-refractivity contribution in [3.63, 3.8) is 0 Å². The summed E-state index contributed by atoms with van der Waals surface area (Å²) in [4.78, 5) is 23.2. The van der Waals surface area contributed by atoms with Crippen LogP contribution in [0.5, 0.6) is 0 Å². The first-order valence-electron chi connectivity index (χ1n) is 11.2. The fourth-order valence-corrected chi connectivity index (χ4v) is 6.91. The van der Waals surface area contributed by atoms with Crippen molar-refractivity contribution >= 4 is 33.8 Å². The molecule has 0 spiro atoms. The zero-order valence-corrected chi connectivity index (χ0v) is 22.3. The smallest absolute Gasteiger partial charge is 0.186 e. The lowest BCUT2D eigenvalue weighted by atomic mass is 9.51. The maximum absolute atomic E-state index is 11.6. The molecule has 4 heteroatoms. The number of thioether (sulfide) groups is 2. The maximum Gasteiger partial charge on any atom is 0.186 e. The van der Waals surface area contributed by atoms with Crippen molar-refractivity contribution in [1.29, 1.82) is 0 Å². The molecule has 0 fully saturated rings. The lowest BCUT2D eigenvalue weighted by Gasteiger charge is -2.53. The van der Waals surface area contributed by atoms with Crippen molar-refractivity contribution in [2.45, 2.75) is 86.7 Å². The van der Waals surface area contributed by atoms with Crippen LogP contribution in [0.3, 0.4) is 0 Å². The predicted molar refractivity (Wildman–Crippen MR) is 135 cm³/mol. The fourth-order valence-electron chi connectivity index (χ4n) is 5.84. The van der Waals surface area contributed by atoms with Crippen molar-refractivity contribution in [3.05, 3.63) is 34.9 Å². The molecule has 0 saturated heterocycles. The molecular weight excluding hydrogens is 408 g/mol. The van der Waals surface area contributed by atoms with Crippen LogP contribution in [0.25, 0.3) is 0 Å². The number of hydrogen-bond donors (Lipinski definition) is 0. The zero-order valence-electron chi connectivity index (χ0n) is 20.7. The highest BCUT2D eigenvalue weighted by Crippen LogP contribution is 2.56. The maximum atomic E-state index is 11.6. The number of carbonyl (C=O) groups is 2. The molecule has 30 heavy (non-hydrogen) atoms. The molecule has 2 nitrogen and oxygen atoms in total. The Kier molecular flexibility index (Phi) is 10.7. The molecule has 0 aliphatic rings. The minimum atomic E-state index is 0.140. The van der Waals surface area contributed by atoms with Gasteiger partial charge in [-0.15, -0.1) is 0 Å². The van der Waals surface area contributed by atoms with Crippen molar-refractivity contribution in [2.24, 2.45) is 29.1 Å². The summed E-state index contributed by atoms with van der Waals surface area (Å²) in [5, 5.41) is 0.280. The Morgan fingerprint density at radius 1 is 0.733 bits per heavy atom. The zero-order chi connectivity index (χ0) is 23.2. The Morgan fingerprint density at radius 3 is 1.37 bits per heavy atom. The Labute approximate surface area is 193 Å². The monoisotopic (exact) mass is 450 g/mol. The van der Waals surface area contributed by atoms with E-state index in [1.165, 1.54) is 40.2 Å². The van der Waals surface area contributed by atoms with Crippen LogP contribution in [0.4, 0.5) is 0 Å². The molecule has 0 amide bonds. The summed E-state index contributed by atoms with van der Waals surface area (Å²) in [5.41, 5.74) is 3.89. The number of hydrogen-bond acceptors (Lipinski definition) is 4. The van der Waals surface area contributed by atoms with E-state index in [1.807, 2.05) is 0 Å². The van der Waals surface area contributed by atoms with Crippen LogP contribution < -0.4 is 0 Å². The third kappa shape index (κ3) is 6.63. The van der Waals surface area contributed by atoms with Crippen molar-refractivity contribution in [3.8, 4) is 0 Å². The first kappa shape index (κ1) is 27.3. The van der Waals surface area contributed by atoms with Gasteiger partial charge in [0.25, 0.3) is 0 Å². The summed E-state index contributed by atoms with van der Waals surface area (Å²) in [6.45, 7) is 22.2. The standard InChI is InChI=1S/C26H42O2S2/c1-16(2)25(26(17(3)4,18(5)6)19(7)8)24-12-22(14-29-20(9)27)11-23(13-24)15-30-21(10)28/h11-13,16-19,25H,14-15H2,1-10H3. The summed E-state index contributed by atoms with van der Waals surface area (Å²) in [6.07, 6.45) is 0. The van der Waals surface area contributed by atoms with Gasteiger partial charge in [-0.2, -0.15) is 0 Å². The van der Waals surface area contributed by atoms with E-state index in [-0.39, 0.29) is 15.6 Å². The van der Waals surface area contributed by atoms with Crippen LogP contribution in [-0.4, -0.2) is 10.2 Å². The van der Waals surface area contributed by atoms with Crippen molar-refractivity contribution in [2.75, 3.05) is 0 Å². The topological polar surface area (TPSA) is 34.1 Å². The molecule has 1 aromatic carbocycles. The fraction of sp³-hybridized carbons (Fsp3) is 0.692. The van der Waals surface area contributed by atoms with Crippen LogP contribution >= 0.6 is 23.5 Å². The summed E-state index contributed by atoms with van der Waals surface area (Å²) in [7, 11) is 0. The van der Waals surface area contributed by atoms with Gasteiger partial charge in [-0.25, -0.2) is 0 Å². The number of benzene rings is 1. The molecule has 1 atom stereocenters. The molecule has 0 aliphatic heterocycles.